The second-order valence-electron chi connectivity index (χ2n) is 3.77. The number of ether oxygens (including phenoxy) is 1. The van der Waals surface area contributed by atoms with Gasteiger partial charge in [-0.05, 0) is 26.0 Å². The standard InChI is InChI=1S/C13H14N2O3S/c1-3-17-13(16)9-6-12(15-7-10(9)14)19-11-4-5-18-8(11)2/h4-7H,3,14H2,1-2H3. The molecule has 0 aliphatic rings. The van der Waals surface area contributed by atoms with Gasteiger partial charge in [0.25, 0.3) is 0 Å². The number of aromatic nitrogens is 1. The molecule has 0 atom stereocenters. The highest BCUT2D eigenvalue weighted by Gasteiger charge is 2.14. The van der Waals surface area contributed by atoms with Crippen molar-refractivity contribution >= 4 is 23.4 Å². The molecular formula is C13H14N2O3S. The van der Waals surface area contributed by atoms with Gasteiger partial charge in [-0.15, -0.1) is 0 Å². The van der Waals surface area contributed by atoms with Crippen molar-refractivity contribution in [1.82, 2.24) is 4.98 Å². The van der Waals surface area contributed by atoms with Gasteiger partial charge in [0.2, 0.25) is 0 Å². The SMILES string of the molecule is CCOC(=O)c1cc(Sc2ccoc2C)ncc1N. The Labute approximate surface area is 115 Å². The Bertz CT molecular complexity index is 595. The van der Waals surface area contributed by atoms with Crippen LogP contribution in [0.5, 0.6) is 0 Å². The average molecular weight is 278 g/mol. The van der Waals surface area contributed by atoms with Crippen LogP contribution < -0.4 is 5.73 Å². The molecule has 2 aromatic rings. The minimum atomic E-state index is -0.437. The summed E-state index contributed by atoms with van der Waals surface area (Å²) in [4.78, 5) is 16.9. The molecule has 0 aliphatic heterocycles. The van der Waals surface area contributed by atoms with Gasteiger partial charge in [-0.2, -0.15) is 0 Å². The second-order valence-corrected chi connectivity index (χ2v) is 4.84. The van der Waals surface area contributed by atoms with Crippen LogP contribution in [0, 0.1) is 6.92 Å². The Kier molecular flexibility index (Phi) is 4.11. The lowest BCUT2D eigenvalue weighted by molar-refractivity contribution is 0.0527. The molecule has 0 unspecified atom stereocenters. The molecule has 6 heteroatoms. The van der Waals surface area contributed by atoms with E-state index >= 15 is 0 Å². The van der Waals surface area contributed by atoms with Gasteiger partial charge in [0.05, 0.1) is 35.2 Å². The average Bonchev–Trinajstić information content (AvgIpc) is 2.78. The number of carbonyl (C=O) groups excluding carboxylic acids is 1. The Balaban J connectivity index is 2.26. The number of furan rings is 1. The smallest absolute Gasteiger partial charge is 0.340 e. The van der Waals surface area contributed by atoms with E-state index in [1.807, 2.05) is 13.0 Å². The van der Waals surface area contributed by atoms with Gasteiger partial charge in [-0.25, -0.2) is 9.78 Å². The lowest BCUT2D eigenvalue weighted by Gasteiger charge is -2.06. The van der Waals surface area contributed by atoms with E-state index in [1.54, 1.807) is 19.3 Å². The number of rotatable bonds is 4. The summed E-state index contributed by atoms with van der Waals surface area (Å²) in [5.41, 5.74) is 6.38. The summed E-state index contributed by atoms with van der Waals surface area (Å²) in [6.07, 6.45) is 3.07. The number of esters is 1. The number of hydrogen-bond donors (Lipinski definition) is 1. The Morgan fingerprint density at radius 3 is 3.00 bits per heavy atom. The molecule has 0 aliphatic carbocycles. The van der Waals surface area contributed by atoms with Gasteiger partial charge in [-0.3, -0.25) is 0 Å². The van der Waals surface area contributed by atoms with Gasteiger partial charge >= 0.3 is 5.97 Å². The Morgan fingerprint density at radius 2 is 2.37 bits per heavy atom. The van der Waals surface area contributed by atoms with E-state index in [-0.39, 0.29) is 0 Å². The first kappa shape index (κ1) is 13.5. The highest BCUT2D eigenvalue weighted by atomic mass is 32.2. The van der Waals surface area contributed by atoms with Crippen molar-refractivity contribution in [1.29, 1.82) is 0 Å². The molecule has 2 rings (SSSR count). The topological polar surface area (TPSA) is 78.3 Å². The number of carbonyl (C=O) groups is 1. The summed E-state index contributed by atoms with van der Waals surface area (Å²) >= 11 is 1.41. The minimum absolute atomic E-state index is 0.309. The zero-order valence-electron chi connectivity index (χ0n) is 10.7. The molecule has 2 N–H and O–H groups in total. The maximum Gasteiger partial charge on any atom is 0.340 e. The molecule has 0 fully saturated rings. The molecule has 2 aromatic heterocycles. The van der Waals surface area contributed by atoms with Crippen molar-refractivity contribution in [2.24, 2.45) is 0 Å². The predicted octanol–water partition coefficient (Wildman–Crippen LogP) is 2.89. The maximum atomic E-state index is 11.7. The molecule has 0 aromatic carbocycles. The Hall–Kier alpha value is -1.95. The normalized spacial score (nSPS) is 10.4. The lowest BCUT2D eigenvalue weighted by atomic mass is 10.2. The van der Waals surface area contributed by atoms with E-state index in [1.165, 1.54) is 18.0 Å². The predicted molar refractivity (Wildman–Crippen MR) is 72.2 cm³/mol. The van der Waals surface area contributed by atoms with Crippen LogP contribution in [0.3, 0.4) is 0 Å². The van der Waals surface area contributed by atoms with Gasteiger partial charge in [0.15, 0.2) is 0 Å². The van der Waals surface area contributed by atoms with Gasteiger partial charge < -0.3 is 14.9 Å². The summed E-state index contributed by atoms with van der Waals surface area (Å²) in [5.74, 6) is 0.370. The zero-order chi connectivity index (χ0) is 13.8. The lowest BCUT2D eigenvalue weighted by Crippen LogP contribution is -2.08. The van der Waals surface area contributed by atoms with Crippen LogP contribution in [0.2, 0.25) is 0 Å². The number of anilines is 1. The first-order chi connectivity index (χ1) is 9.11. The van der Waals surface area contributed by atoms with Crippen molar-refractivity contribution in [2.45, 2.75) is 23.8 Å². The summed E-state index contributed by atoms with van der Waals surface area (Å²) < 4.78 is 10.2. The van der Waals surface area contributed by atoms with Crippen LogP contribution in [0.25, 0.3) is 0 Å². The highest BCUT2D eigenvalue weighted by molar-refractivity contribution is 7.99. The largest absolute Gasteiger partial charge is 0.468 e. The molecule has 0 spiro atoms. The van der Waals surface area contributed by atoms with E-state index in [4.69, 9.17) is 14.9 Å². The van der Waals surface area contributed by atoms with E-state index in [2.05, 4.69) is 4.98 Å². The van der Waals surface area contributed by atoms with Gasteiger partial charge in [-0.1, -0.05) is 11.8 Å². The maximum absolute atomic E-state index is 11.7. The van der Waals surface area contributed by atoms with E-state index < -0.39 is 5.97 Å². The number of nitrogen functional groups attached to an aromatic ring is 1. The fraction of sp³-hybridized carbons (Fsp3) is 0.231. The molecule has 5 nitrogen and oxygen atoms in total. The number of hydrogen-bond acceptors (Lipinski definition) is 6. The zero-order valence-corrected chi connectivity index (χ0v) is 11.5. The summed E-state index contributed by atoms with van der Waals surface area (Å²) in [7, 11) is 0. The molecule has 0 radical (unpaired) electrons. The highest BCUT2D eigenvalue weighted by Crippen LogP contribution is 2.30. The van der Waals surface area contributed by atoms with Gasteiger partial charge in [0.1, 0.15) is 10.8 Å². The number of nitrogens with two attached hydrogens (primary N) is 1. The molecular weight excluding hydrogens is 264 g/mol. The van der Waals surface area contributed by atoms with E-state index in [0.717, 1.165) is 10.7 Å². The van der Waals surface area contributed by atoms with E-state index in [9.17, 15) is 4.79 Å². The fourth-order valence-electron chi connectivity index (χ4n) is 1.48. The summed E-state index contributed by atoms with van der Waals surface area (Å²) in [6, 6.07) is 3.48. The van der Waals surface area contributed by atoms with Crippen LogP contribution in [-0.2, 0) is 4.74 Å². The summed E-state index contributed by atoms with van der Waals surface area (Å²) in [6.45, 7) is 3.93. The van der Waals surface area contributed by atoms with Crippen LogP contribution in [0.1, 0.15) is 23.0 Å². The number of pyridine rings is 1. The summed E-state index contributed by atoms with van der Waals surface area (Å²) in [5, 5.41) is 0.668. The molecule has 0 amide bonds. The monoisotopic (exact) mass is 278 g/mol. The molecule has 100 valence electrons. The van der Waals surface area contributed by atoms with Crippen molar-refractivity contribution in [3.8, 4) is 0 Å². The van der Waals surface area contributed by atoms with Crippen molar-refractivity contribution in [2.75, 3.05) is 12.3 Å². The molecule has 2 heterocycles. The fourth-order valence-corrected chi connectivity index (χ4v) is 2.30. The van der Waals surface area contributed by atoms with Crippen LogP contribution >= 0.6 is 11.8 Å². The number of aryl methyl sites for hydroxylation is 1. The Morgan fingerprint density at radius 1 is 1.58 bits per heavy atom. The third kappa shape index (κ3) is 3.08. The molecule has 0 saturated carbocycles. The van der Waals surface area contributed by atoms with Crippen LogP contribution in [-0.4, -0.2) is 17.6 Å². The van der Waals surface area contributed by atoms with Crippen molar-refractivity contribution in [3.05, 3.63) is 35.9 Å². The van der Waals surface area contributed by atoms with Crippen LogP contribution in [0.4, 0.5) is 5.69 Å². The first-order valence-corrected chi connectivity index (χ1v) is 6.58. The quantitative estimate of drug-likeness (QED) is 0.866. The van der Waals surface area contributed by atoms with Gasteiger partial charge in [0, 0.05) is 0 Å². The van der Waals surface area contributed by atoms with Crippen molar-refractivity contribution in [3.63, 3.8) is 0 Å². The second kappa shape index (κ2) is 5.79. The van der Waals surface area contributed by atoms with E-state index in [0.29, 0.717) is 22.9 Å². The molecule has 19 heavy (non-hydrogen) atoms. The first-order valence-electron chi connectivity index (χ1n) is 5.76. The van der Waals surface area contributed by atoms with Crippen molar-refractivity contribution < 1.29 is 13.9 Å². The third-order valence-corrected chi connectivity index (χ3v) is 3.51. The minimum Gasteiger partial charge on any atom is -0.468 e. The molecule has 0 saturated heterocycles. The number of nitrogens with zero attached hydrogens (tertiary/aromatic N) is 1. The van der Waals surface area contributed by atoms with Crippen LogP contribution in [0.15, 0.2) is 38.9 Å². The third-order valence-electron chi connectivity index (χ3n) is 2.43. The molecule has 0 bridgehead atoms.